The van der Waals surface area contributed by atoms with E-state index in [1.54, 1.807) is 18.3 Å². The third kappa shape index (κ3) is 0.981. The van der Waals surface area contributed by atoms with Crippen molar-refractivity contribution in [2.24, 2.45) is 0 Å². The van der Waals surface area contributed by atoms with Crippen molar-refractivity contribution < 1.29 is 9.53 Å². The number of carbonyl (C=O) groups excluding carboxylic acids is 1. The molecule has 0 unspecified atom stereocenters. The van der Waals surface area contributed by atoms with Crippen LogP contribution in [0, 0.1) is 0 Å². The highest BCUT2D eigenvalue weighted by Gasteiger charge is 2.18. The van der Waals surface area contributed by atoms with Gasteiger partial charge in [-0.3, -0.25) is 4.79 Å². The highest BCUT2D eigenvalue weighted by molar-refractivity contribution is 5.97. The Bertz CT molecular complexity index is 296. The van der Waals surface area contributed by atoms with E-state index in [0.717, 1.165) is 0 Å². The molecule has 1 aromatic heterocycles. The van der Waals surface area contributed by atoms with Crippen molar-refractivity contribution in [2.45, 2.75) is 6.42 Å². The summed E-state index contributed by atoms with van der Waals surface area (Å²) in [6.45, 7) is 0.484. The molecule has 0 amide bonds. The molecule has 0 N–H and O–H groups in total. The lowest BCUT2D eigenvalue weighted by molar-refractivity contribution is 0.0927. The lowest BCUT2D eigenvalue weighted by Crippen LogP contribution is -2.16. The topological polar surface area (TPSA) is 39.2 Å². The second kappa shape index (κ2) is 2.34. The van der Waals surface area contributed by atoms with Crippen LogP contribution in [0.4, 0.5) is 0 Å². The number of aromatic nitrogens is 1. The summed E-state index contributed by atoms with van der Waals surface area (Å²) < 4.78 is 5.21. The smallest absolute Gasteiger partial charge is 0.188 e. The molecular formula is C8H7NO2. The van der Waals surface area contributed by atoms with Gasteiger partial charge >= 0.3 is 0 Å². The van der Waals surface area contributed by atoms with Crippen molar-refractivity contribution in [1.82, 2.24) is 4.98 Å². The van der Waals surface area contributed by atoms with Gasteiger partial charge in [-0.25, -0.2) is 4.98 Å². The number of hydrogen-bond donors (Lipinski definition) is 0. The Kier molecular flexibility index (Phi) is 1.35. The van der Waals surface area contributed by atoms with E-state index in [1.165, 1.54) is 0 Å². The fourth-order valence-corrected chi connectivity index (χ4v) is 1.09. The molecule has 1 aromatic rings. The number of ether oxygens (including phenoxy) is 1. The van der Waals surface area contributed by atoms with Gasteiger partial charge in [0.25, 0.3) is 0 Å². The van der Waals surface area contributed by atoms with Crippen LogP contribution in [-0.4, -0.2) is 17.4 Å². The fraction of sp³-hybridized carbons (Fsp3) is 0.250. The normalized spacial score (nSPS) is 15.5. The molecule has 0 fully saturated rings. The molecule has 0 radical (unpaired) electrons. The molecule has 1 aliphatic rings. The Labute approximate surface area is 64.0 Å². The third-order valence-electron chi connectivity index (χ3n) is 1.62. The molecule has 2 heterocycles. The van der Waals surface area contributed by atoms with Gasteiger partial charge in [-0.05, 0) is 12.1 Å². The molecule has 11 heavy (non-hydrogen) atoms. The van der Waals surface area contributed by atoms with Crippen LogP contribution in [0.1, 0.15) is 16.9 Å². The van der Waals surface area contributed by atoms with E-state index in [0.29, 0.717) is 24.5 Å². The third-order valence-corrected chi connectivity index (χ3v) is 1.62. The van der Waals surface area contributed by atoms with Crippen molar-refractivity contribution >= 4 is 5.78 Å². The van der Waals surface area contributed by atoms with Gasteiger partial charge in [0.15, 0.2) is 5.78 Å². The second-order valence-electron chi connectivity index (χ2n) is 2.37. The van der Waals surface area contributed by atoms with Crippen LogP contribution in [0.25, 0.3) is 0 Å². The predicted octanol–water partition coefficient (Wildman–Crippen LogP) is 1.05. The average Bonchev–Trinajstić information content (AvgIpc) is 2.06. The van der Waals surface area contributed by atoms with Crippen molar-refractivity contribution in [1.29, 1.82) is 0 Å². The summed E-state index contributed by atoms with van der Waals surface area (Å²) in [6.07, 6.45) is 2.05. The first kappa shape index (κ1) is 6.34. The monoisotopic (exact) mass is 149 g/mol. The Morgan fingerprint density at radius 1 is 1.55 bits per heavy atom. The molecule has 1 aliphatic heterocycles. The number of nitrogens with zero attached hydrogens (tertiary/aromatic N) is 1. The van der Waals surface area contributed by atoms with Crippen molar-refractivity contribution in [2.75, 3.05) is 6.61 Å². The number of carbonyl (C=O) groups is 1. The van der Waals surface area contributed by atoms with E-state index in [1.807, 2.05) is 0 Å². The summed E-state index contributed by atoms with van der Waals surface area (Å²) in [5, 5.41) is 0. The van der Waals surface area contributed by atoms with Crippen LogP contribution in [0.2, 0.25) is 0 Å². The highest BCUT2D eigenvalue weighted by Crippen LogP contribution is 2.20. The Balaban J connectivity index is 2.52. The Morgan fingerprint density at radius 3 is 3.27 bits per heavy atom. The molecule has 0 spiro atoms. The number of fused-ring (bicyclic) bond motifs is 1. The van der Waals surface area contributed by atoms with Gasteiger partial charge in [-0.15, -0.1) is 0 Å². The molecule has 56 valence electrons. The maximum atomic E-state index is 11.1. The summed E-state index contributed by atoms with van der Waals surface area (Å²) in [5.41, 5.74) is 0.471. The zero-order chi connectivity index (χ0) is 7.68. The van der Waals surface area contributed by atoms with Gasteiger partial charge < -0.3 is 4.74 Å². The van der Waals surface area contributed by atoms with E-state index in [4.69, 9.17) is 4.74 Å². The zero-order valence-corrected chi connectivity index (χ0v) is 5.91. The fourth-order valence-electron chi connectivity index (χ4n) is 1.09. The minimum atomic E-state index is 0.0758. The molecular weight excluding hydrogens is 142 g/mol. The number of rotatable bonds is 0. The highest BCUT2D eigenvalue weighted by atomic mass is 16.5. The van der Waals surface area contributed by atoms with Crippen LogP contribution >= 0.6 is 0 Å². The van der Waals surface area contributed by atoms with Crippen LogP contribution in [0.5, 0.6) is 5.75 Å². The maximum Gasteiger partial charge on any atom is 0.188 e. The van der Waals surface area contributed by atoms with Crippen LogP contribution in [-0.2, 0) is 0 Å². The summed E-state index contributed by atoms with van der Waals surface area (Å²) in [7, 11) is 0. The molecule has 3 nitrogen and oxygen atoms in total. The Morgan fingerprint density at radius 2 is 2.45 bits per heavy atom. The SMILES string of the molecule is O=C1CCOc2cccnc21. The van der Waals surface area contributed by atoms with E-state index >= 15 is 0 Å². The van der Waals surface area contributed by atoms with Crippen LogP contribution in [0.15, 0.2) is 18.3 Å². The van der Waals surface area contributed by atoms with Crippen molar-refractivity contribution in [3.63, 3.8) is 0 Å². The number of pyridine rings is 1. The molecule has 0 saturated heterocycles. The first-order valence-electron chi connectivity index (χ1n) is 3.49. The first-order valence-corrected chi connectivity index (χ1v) is 3.49. The largest absolute Gasteiger partial charge is 0.491 e. The lowest BCUT2D eigenvalue weighted by Gasteiger charge is -2.13. The quantitative estimate of drug-likeness (QED) is 0.553. The van der Waals surface area contributed by atoms with E-state index < -0.39 is 0 Å². The van der Waals surface area contributed by atoms with Gasteiger partial charge in [0, 0.05) is 12.6 Å². The lowest BCUT2D eigenvalue weighted by atomic mass is 10.1. The number of Topliss-reactive ketones (excluding diaryl/α,β-unsaturated/α-hetero) is 1. The summed E-state index contributed by atoms with van der Waals surface area (Å²) in [4.78, 5) is 15.1. The number of hydrogen-bond acceptors (Lipinski definition) is 3. The average molecular weight is 149 g/mol. The minimum absolute atomic E-state index is 0.0758. The Hall–Kier alpha value is -1.38. The predicted molar refractivity (Wildman–Crippen MR) is 38.7 cm³/mol. The maximum absolute atomic E-state index is 11.1. The summed E-state index contributed by atoms with van der Waals surface area (Å²) in [5.74, 6) is 0.690. The summed E-state index contributed by atoms with van der Waals surface area (Å²) >= 11 is 0. The molecule has 0 saturated carbocycles. The van der Waals surface area contributed by atoms with Gasteiger partial charge in [0.05, 0.1) is 6.61 Å². The molecule has 0 atom stereocenters. The molecule has 0 aromatic carbocycles. The molecule has 0 aliphatic carbocycles. The molecule has 0 bridgehead atoms. The molecule has 3 heteroatoms. The van der Waals surface area contributed by atoms with Crippen LogP contribution < -0.4 is 4.74 Å². The van der Waals surface area contributed by atoms with Gasteiger partial charge in [0.1, 0.15) is 11.4 Å². The van der Waals surface area contributed by atoms with Gasteiger partial charge in [-0.1, -0.05) is 0 Å². The first-order chi connectivity index (χ1) is 5.38. The van der Waals surface area contributed by atoms with E-state index in [-0.39, 0.29) is 5.78 Å². The van der Waals surface area contributed by atoms with Gasteiger partial charge in [-0.2, -0.15) is 0 Å². The van der Waals surface area contributed by atoms with Crippen LogP contribution in [0.3, 0.4) is 0 Å². The zero-order valence-electron chi connectivity index (χ0n) is 5.91. The van der Waals surface area contributed by atoms with E-state index in [9.17, 15) is 4.79 Å². The molecule has 2 rings (SSSR count). The minimum Gasteiger partial charge on any atom is -0.491 e. The van der Waals surface area contributed by atoms with E-state index in [2.05, 4.69) is 4.98 Å². The van der Waals surface area contributed by atoms with Crippen molar-refractivity contribution in [3.05, 3.63) is 24.0 Å². The van der Waals surface area contributed by atoms with Gasteiger partial charge in [0.2, 0.25) is 0 Å². The standard InChI is InChI=1S/C8H7NO2/c10-6-3-5-11-7-2-1-4-9-8(6)7/h1-2,4H,3,5H2. The van der Waals surface area contributed by atoms with Crippen molar-refractivity contribution in [3.8, 4) is 5.75 Å². The summed E-state index contributed by atoms with van der Waals surface area (Å²) in [6, 6.07) is 3.52. The second-order valence-corrected chi connectivity index (χ2v) is 2.37. The number of ketones is 1.